The molecule has 25 heavy (non-hydrogen) atoms. The van der Waals surface area contributed by atoms with E-state index in [1.54, 1.807) is 6.07 Å². The molecule has 0 saturated carbocycles. The summed E-state index contributed by atoms with van der Waals surface area (Å²) in [4.78, 5) is 26.2. The lowest BCUT2D eigenvalue weighted by Gasteiger charge is -2.41. The van der Waals surface area contributed by atoms with Gasteiger partial charge in [0.2, 0.25) is 0 Å². The quantitative estimate of drug-likeness (QED) is 0.778. The molecular formula is C19H25NO5. The average Bonchev–Trinajstić information content (AvgIpc) is 3.07. The minimum atomic E-state index is -0.497. The minimum Gasteiger partial charge on any atom is -0.467 e. The van der Waals surface area contributed by atoms with Crippen molar-refractivity contribution in [3.8, 4) is 0 Å². The summed E-state index contributed by atoms with van der Waals surface area (Å²) in [5.74, 6) is -0.635. The number of esters is 2. The number of benzene rings is 1. The van der Waals surface area contributed by atoms with Crippen molar-refractivity contribution >= 4 is 11.9 Å². The predicted molar refractivity (Wildman–Crippen MR) is 91.1 cm³/mol. The molecule has 2 fully saturated rings. The number of piperidine rings is 1. The van der Waals surface area contributed by atoms with E-state index in [2.05, 4.69) is 11.8 Å². The van der Waals surface area contributed by atoms with Crippen LogP contribution in [0.4, 0.5) is 0 Å². The maximum absolute atomic E-state index is 12.0. The maximum atomic E-state index is 12.0. The molecule has 6 heteroatoms. The highest BCUT2D eigenvalue weighted by atomic mass is 16.6. The van der Waals surface area contributed by atoms with Crippen LogP contribution in [0, 0.1) is 0 Å². The Labute approximate surface area is 148 Å². The van der Waals surface area contributed by atoms with Crippen molar-refractivity contribution in [1.82, 2.24) is 4.90 Å². The first-order valence-corrected chi connectivity index (χ1v) is 8.70. The topological polar surface area (TPSA) is 65.1 Å². The molecule has 3 rings (SSSR count). The molecule has 4 atom stereocenters. The van der Waals surface area contributed by atoms with Crippen molar-refractivity contribution in [3.05, 3.63) is 35.4 Å². The molecule has 0 aliphatic carbocycles. The Bertz CT molecular complexity index is 646. The summed E-state index contributed by atoms with van der Waals surface area (Å²) in [6.07, 6.45) is 2.10. The van der Waals surface area contributed by atoms with Crippen molar-refractivity contribution in [2.45, 2.75) is 57.0 Å². The monoisotopic (exact) mass is 347 g/mol. The average molecular weight is 347 g/mol. The summed E-state index contributed by atoms with van der Waals surface area (Å²) in [6, 6.07) is 8.01. The number of fused-ring (bicyclic) bond motifs is 1. The van der Waals surface area contributed by atoms with E-state index in [-0.39, 0.29) is 24.1 Å². The molecule has 6 nitrogen and oxygen atoms in total. The van der Waals surface area contributed by atoms with Crippen LogP contribution in [0.25, 0.3) is 0 Å². The number of hydrogen-bond acceptors (Lipinski definition) is 6. The summed E-state index contributed by atoms with van der Waals surface area (Å²) in [6.45, 7) is 2.81. The van der Waals surface area contributed by atoms with Gasteiger partial charge in [-0.1, -0.05) is 18.2 Å². The summed E-state index contributed by atoms with van der Waals surface area (Å²) in [5.41, 5.74) is 1.52. The first-order valence-electron chi connectivity index (χ1n) is 8.70. The largest absolute Gasteiger partial charge is 0.467 e. The Balaban J connectivity index is 1.81. The van der Waals surface area contributed by atoms with Gasteiger partial charge in [-0.2, -0.15) is 0 Å². The molecular weight excluding hydrogens is 322 g/mol. The molecule has 136 valence electrons. The number of rotatable bonds is 4. The van der Waals surface area contributed by atoms with Gasteiger partial charge in [0.1, 0.15) is 0 Å². The lowest BCUT2D eigenvalue weighted by atomic mass is 9.91. The fourth-order valence-electron chi connectivity index (χ4n) is 3.96. The third kappa shape index (κ3) is 3.55. The van der Waals surface area contributed by atoms with Gasteiger partial charge in [0.05, 0.1) is 25.9 Å². The SMILES string of the molecule is COC(=O)c1ccccc1CN1[C@H](C)CC[C@@H]2O[C@@H](C(=O)OC)C[C@@H]21. The van der Waals surface area contributed by atoms with E-state index < -0.39 is 6.10 Å². The maximum Gasteiger partial charge on any atom is 0.338 e. The van der Waals surface area contributed by atoms with Crippen LogP contribution in [0.3, 0.4) is 0 Å². The predicted octanol–water partition coefficient (Wildman–Crippen LogP) is 2.16. The van der Waals surface area contributed by atoms with Crippen LogP contribution in [0.5, 0.6) is 0 Å². The second kappa shape index (κ2) is 7.54. The Morgan fingerprint density at radius 3 is 2.68 bits per heavy atom. The molecule has 2 heterocycles. The number of likely N-dealkylation sites (tertiary alicyclic amines) is 1. The minimum absolute atomic E-state index is 0.0330. The molecule has 1 aromatic rings. The van der Waals surface area contributed by atoms with Gasteiger partial charge in [-0.25, -0.2) is 9.59 Å². The van der Waals surface area contributed by atoms with E-state index in [0.717, 1.165) is 18.4 Å². The zero-order valence-electron chi connectivity index (χ0n) is 14.9. The number of ether oxygens (including phenoxy) is 3. The van der Waals surface area contributed by atoms with Crippen LogP contribution in [0.2, 0.25) is 0 Å². The van der Waals surface area contributed by atoms with Gasteiger partial charge >= 0.3 is 11.9 Å². The smallest absolute Gasteiger partial charge is 0.338 e. The molecule has 2 aliphatic rings. The van der Waals surface area contributed by atoms with E-state index in [4.69, 9.17) is 14.2 Å². The number of carbonyl (C=O) groups is 2. The molecule has 0 spiro atoms. The van der Waals surface area contributed by atoms with Crippen LogP contribution in [0.15, 0.2) is 24.3 Å². The summed E-state index contributed by atoms with van der Waals surface area (Å²) < 4.78 is 15.7. The Morgan fingerprint density at radius 1 is 1.20 bits per heavy atom. The van der Waals surface area contributed by atoms with E-state index in [1.807, 2.05) is 18.2 Å². The highest BCUT2D eigenvalue weighted by molar-refractivity contribution is 5.90. The molecule has 0 unspecified atom stereocenters. The van der Waals surface area contributed by atoms with Crippen LogP contribution >= 0.6 is 0 Å². The number of carbonyl (C=O) groups excluding carboxylic acids is 2. The Hall–Kier alpha value is -1.92. The number of nitrogens with zero attached hydrogens (tertiary/aromatic N) is 1. The highest BCUT2D eigenvalue weighted by Crippen LogP contribution is 2.36. The Kier molecular flexibility index (Phi) is 5.39. The molecule has 0 N–H and O–H groups in total. The summed E-state index contributed by atoms with van der Waals surface area (Å²) in [7, 11) is 2.78. The van der Waals surface area contributed by atoms with E-state index in [9.17, 15) is 9.59 Å². The molecule has 0 aromatic heterocycles. The zero-order chi connectivity index (χ0) is 18.0. The molecule has 1 aromatic carbocycles. The van der Waals surface area contributed by atoms with E-state index >= 15 is 0 Å². The summed E-state index contributed by atoms with van der Waals surface area (Å²) in [5, 5.41) is 0. The standard InChI is InChI=1S/C19H25NO5/c1-12-8-9-16-15(10-17(25-16)19(22)24-3)20(12)11-13-6-4-5-7-14(13)18(21)23-2/h4-7,12,15-17H,8-11H2,1-3H3/t12-,15+,16+,17-/m1/s1. The van der Waals surface area contributed by atoms with Gasteiger partial charge < -0.3 is 14.2 Å². The highest BCUT2D eigenvalue weighted by Gasteiger charge is 2.46. The Morgan fingerprint density at radius 2 is 1.96 bits per heavy atom. The zero-order valence-corrected chi connectivity index (χ0v) is 14.9. The normalized spacial score (nSPS) is 29.1. The number of hydrogen-bond donors (Lipinski definition) is 0. The second-order valence-electron chi connectivity index (χ2n) is 6.74. The lowest BCUT2D eigenvalue weighted by Crippen LogP contribution is -2.49. The lowest BCUT2D eigenvalue weighted by molar-refractivity contribution is -0.153. The van der Waals surface area contributed by atoms with Crippen molar-refractivity contribution < 1.29 is 23.8 Å². The first kappa shape index (κ1) is 17.9. The van der Waals surface area contributed by atoms with Gasteiger partial charge in [-0.3, -0.25) is 4.90 Å². The fraction of sp³-hybridized carbons (Fsp3) is 0.579. The van der Waals surface area contributed by atoms with Crippen LogP contribution < -0.4 is 0 Å². The molecule has 2 aliphatic heterocycles. The molecule has 0 amide bonds. The van der Waals surface area contributed by atoms with Crippen LogP contribution in [0.1, 0.15) is 42.1 Å². The fourth-order valence-corrected chi connectivity index (χ4v) is 3.96. The third-order valence-electron chi connectivity index (χ3n) is 5.32. The van der Waals surface area contributed by atoms with Crippen molar-refractivity contribution in [2.24, 2.45) is 0 Å². The van der Waals surface area contributed by atoms with Crippen molar-refractivity contribution in [1.29, 1.82) is 0 Å². The van der Waals surface area contributed by atoms with Crippen LogP contribution in [-0.2, 0) is 25.5 Å². The molecule has 2 saturated heterocycles. The van der Waals surface area contributed by atoms with Gasteiger partial charge in [-0.15, -0.1) is 0 Å². The van der Waals surface area contributed by atoms with Gasteiger partial charge in [0.25, 0.3) is 0 Å². The first-order chi connectivity index (χ1) is 12.0. The van der Waals surface area contributed by atoms with E-state index in [0.29, 0.717) is 24.6 Å². The molecule has 0 bridgehead atoms. The van der Waals surface area contributed by atoms with Gasteiger partial charge in [0.15, 0.2) is 6.10 Å². The van der Waals surface area contributed by atoms with Gasteiger partial charge in [0, 0.05) is 25.0 Å². The second-order valence-corrected chi connectivity index (χ2v) is 6.74. The van der Waals surface area contributed by atoms with Gasteiger partial charge in [-0.05, 0) is 31.4 Å². The van der Waals surface area contributed by atoms with E-state index in [1.165, 1.54) is 14.2 Å². The third-order valence-corrected chi connectivity index (χ3v) is 5.32. The molecule has 0 radical (unpaired) electrons. The van der Waals surface area contributed by atoms with Crippen LogP contribution in [-0.4, -0.2) is 55.3 Å². The summed E-state index contributed by atoms with van der Waals surface area (Å²) >= 11 is 0. The van der Waals surface area contributed by atoms with Crippen molar-refractivity contribution in [3.63, 3.8) is 0 Å². The number of methoxy groups -OCH3 is 2. The van der Waals surface area contributed by atoms with Crippen molar-refractivity contribution in [2.75, 3.05) is 14.2 Å².